The van der Waals surface area contributed by atoms with Crippen LogP contribution in [0.2, 0.25) is 0 Å². The fourth-order valence-corrected chi connectivity index (χ4v) is 3.36. The highest BCUT2D eigenvalue weighted by Crippen LogP contribution is 2.27. The van der Waals surface area contributed by atoms with Crippen molar-refractivity contribution in [2.75, 3.05) is 19.4 Å². The third-order valence-corrected chi connectivity index (χ3v) is 4.59. The number of nitrogens with two attached hydrogens (primary N) is 1. The second-order valence-electron chi connectivity index (χ2n) is 4.80. The summed E-state index contributed by atoms with van der Waals surface area (Å²) in [5.41, 5.74) is 8.23. The van der Waals surface area contributed by atoms with Crippen molar-refractivity contribution in [3.63, 3.8) is 0 Å². The van der Waals surface area contributed by atoms with E-state index in [-0.39, 0.29) is 5.91 Å². The number of rotatable bonds is 2. The van der Waals surface area contributed by atoms with Crippen molar-refractivity contribution in [2.45, 2.75) is 13.0 Å². The molecule has 0 bridgehead atoms. The number of fused-ring (bicyclic) bond motifs is 1. The number of anilines is 1. The fraction of sp³-hybridized carbons (Fsp3) is 0.267. The molecule has 2 N–H and O–H groups in total. The molecule has 0 radical (unpaired) electrons. The van der Waals surface area contributed by atoms with Crippen LogP contribution >= 0.6 is 11.3 Å². The Morgan fingerprint density at radius 1 is 1.40 bits per heavy atom. The van der Waals surface area contributed by atoms with Gasteiger partial charge in [0.2, 0.25) is 0 Å². The van der Waals surface area contributed by atoms with Crippen LogP contribution in [0.4, 0.5) is 5.69 Å². The van der Waals surface area contributed by atoms with E-state index in [1.807, 2.05) is 4.90 Å². The molecule has 0 spiro atoms. The normalized spacial score (nSPS) is 13.9. The Labute approximate surface area is 121 Å². The minimum Gasteiger partial charge on any atom is -0.495 e. The maximum Gasteiger partial charge on any atom is 0.254 e. The van der Waals surface area contributed by atoms with Crippen molar-refractivity contribution >= 4 is 22.9 Å². The van der Waals surface area contributed by atoms with Crippen LogP contribution in [0, 0.1) is 0 Å². The highest BCUT2D eigenvalue weighted by molar-refractivity contribution is 7.10. The monoisotopic (exact) mass is 288 g/mol. The first kappa shape index (κ1) is 13.0. The molecule has 1 aliphatic rings. The molecule has 0 fully saturated rings. The van der Waals surface area contributed by atoms with Crippen molar-refractivity contribution in [3.05, 3.63) is 45.6 Å². The van der Waals surface area contributed by atoms with Gasteiger partial charge < -0.3 is 15.4 Å². The standard InChI is InChI=1S/C15H16N2O2S/c1-19-13-3-2-10(8-12(13)16)15(18)17-6-4-14-11(9-17)5-7-20-14/h2-3,5,7-8H,4,6,9,16H2,1H3. The Morgan fingerprint density at radius 3 is 3.00 bits per heavy atom. The van der Waals surface area contributed by atoms with Crippen molar-refractivity contribution in [2.24, 2.45) is 0 Å². The lowest BCUT2D eigenvalue weighted by Crippen LogP contribution is -2.35. The van der Waals surface area contributed by atoms with Crippen LogP contribution in [0.3, 0.4) is 0 Å². The van der Waals surface area contributed by atoms with Crippen LogP contribution in [-0.2, 0) is 13.0 Å². The Morgan fingerprint density at radius 2 is 2.25 bits per heavy atom. The van der Waals surface area contributed by atoms with E-state index in [0.29, 0.717) is 23.5 Å². The van der Waals surface area contributed by atoms with E-state index in [1.165, 1.54) is 10.4 Å². The summed E-state index contributed by atoms with van der Waals surface area (Å²) < 4.78 is 5.11. The van der Waals surface area contributed by atoms with Gasteiger partial charge in [-0.15, -0.1) is 11.3 Å². The first-order valence-electron chi connectivity index (χ1n) is 6.47. The smallest absolute Gasteiger partial charge is 0.254 e. The van der Waals surface area contributed by atoms with Crippen LogP contribution in [0.25, 0.3) is 0 Å². The van der Waals surface area contributed by atoms with Gasteiger partial charge in [0.1, 0.15) is 5.75 Å². The zero-order chi connectivity index (χ0) is 14.1. The van der Waals surface area contributed by atoms with Gasteiger partial charge in [-0.25, -0.2) is 0 Å². The van der Waals surface area contributed by atoms with E-state index in [9.17, 15) is 4.79 Å². The number of hydrogen-bond acceptors (Lipinski definition) is 4. The first-order chi connectivity index (χ1) is 9.69. The molecule has 1 amide bonds. The number of benzene rings is 1. The van der Waals surface area contributed by atoms with Crippen LogP contribution in [0.1, 0.15) is 20.8 Å². The van der Waals surface area contributed by atoms with Gasteiger partial charge in [0, 0.05) is 23.5 Å². The van der Waals surface area contributed by atoms with Crippen LogP contribution < -0.4 is 10.5 Å². The summed E-state index contributed by atoms with van der Waals surface area (Å²) in [5, 5.41) is 2.09. The molecule has 5 heteroatoms. The van der Waals surface area contributed by atoms with Crippen molar-refractivity contribution in [3.8, 4) is 5.75 Å². The van der Waals surface area contributed by atoms with Crippen LogP contribution in [0.15, 0.2) is 29.6 Å². The van der Waals surface area contributed by atoms with E-state index < -0.39 is 0 Å². The quantitative estimate of drug-likeness (QED) is 0.864. The lowest BCUT2D eigenvalue weighted by Gasteiger charge is -2.27. The molecule has 2 aromatic rings. The summed E-state index contributed by atoms with van der Waals surface area (Å²) in [6, 6.07) is 7.29. The molecule has 0 saturated carbocycles. The third-order valence-electron chi connectivity index (χ3n) is 3.57. The number of carbonyl (C=O) groups is 1. The van der Waals surface area contributed by atoms with Gasteiger partial charge in [0.25, 0.3) is 5.91 Å². The van der Waals surface area contributed by atoms with E-state index in [1.54, 1.807) is 36.6 Å². The van der Waals surface area contributed by atoms with E-state index >= 15 is 0 Å². The van der Waals surface area contributed by atoms with Gasteiger partial charge in [0.05, 0.1) is 12.8 Å². The number of ether oxygens (including phenoxy) is 1. The number of carbonyl (C=O) groups excluding carboxylic acids is 1. The third kappa shape index (κ3) is 2.25. The number of nitrogens with zero attached hydrogens (tertiary/aromatic N) is 1. The lowest BCUT2D eigenvalue weighted by atomic mass is 10.1. The first-order valence-corrected chi connectivity index (χ1v) is 7.35. The summed E-state index contributed by atoms with van der Waals surface area (Å²) in [6.07, 6.45) is 0.935. The van der Waals surface area contributed by atoms with E-state index in [2.05, 4.69) is 11.4 Å². The average molecular weight is 288 g/mol. The van der Waals surface area contributed by atoms with E-state index in [0.717, 1.165) is 13.0 Å². The lowest BCUT2D eigenvalue weighted by molar-refractivity contribution is 0.0736. The van der Waals surface area contributed by atoms with Gasteiger partial charge in [0.15, 0.2) is 0 Å². The number of methoxy groups -OCH3 is 1. The zero-order valence-corrected chi connectivity index (χ0v) is 12.1. The second-order valence-corrected chi connectivity index (χ2v) is 5.80. The summed E-state index contributed by atoms with van der Waals surface area (Å²) in [6.45, 7) is 1.45. The van der Waals surface area contributed by atoms with Crippen LogP contribution in [0.5, 0.6) is 5.75 Å². The predicted molar refractivity (Wildman–Crippen MR) is 80.2 cm³/mol. The molecule has 0 saturated heterocycles. The van der Waals surface area contributed by atoms with Crippen molar-refractivity contribution in [1.82, 2.24) is 4.90 Å². The second kappa shape index (κ2) is 5.17. The molecule has 4 nitrogen and oxygen atoms in total. The molecular weight excluding hydrogens is 272 g/mol. The number of thiophene rings is 1. The molecule has 104 valence electrons. The largest absolute Gasteiger partial charge is 0.495 e. The Bertz CT molecular complexity index is 651. The Hall–Kier alpha value is -2.01. The molecule has 2 heterocycles. The highest BCUT2D eigenvalue weighted by atomic mass is 32.1. The minimum absolute atomic E-state index is 0.0243. The maximum atomic E-state index is 12.5. The van der Waals surface area contributed by atoms with Gasteiger partial charge >= 0.3 is 0 Å². The molecule has 3 rings (SSSR count). The topological polar surface area (TPSA) is 55.6 Å². The SMILES string of the molecule is COc1ccc(C(=O)N2CCc3sccc3C2)cc1N. The number of hydrogen-bond donors (Lipinski definition) is 1. The molecule has 1 aromatic heterocycles. The number of nitrogen functional groups attached to an aromatic ring is 1. The molecule has 1 aromatic carbocycles. The van der Waals surface area contributed by atoms with Gasteiger partial charge in [-0.3, -0.25) is 4.79 Å². The Balaban J connectivity index is 1.81. The average Bonchev–Trinajstić information content (AvgIpc) is 2.93. The predicted octanol–water partition coefficient (Wildman–Crippen LogP) is 2.54. The maximum absolute atomic E-state index is 12.5. The number of amides is 1. The molecule has 20 heavy (non-hydrogen) atoms. The van der Waals surface area contributed by atoms with Gasteiger partial charge in [-0.05, 0) is 41.6 Å². The molecule has 0 unspecified atom stereocenters. The van der Waals surface area contributed by atoms with Gasteiger partial charge in [-0.1, -0.05) is 0 Å². The van der Waals surface area contributed by atoms with Crippen LogP contribution in [-0.4, -0.2) is 24.5 Å². The fourth-order valence-electron chi connectivity index (χ4n) is 2.47. The van der Waals surface area contributed by atoms with Gasteiger partial charge in [-0.2, -0.15) is 0 Å². The minimum atomic E-state index is 0.0243. The molecule has 0 aliphatic carbocycles. The van der Waals surface area contributed by atoms with E-state index in [4.69, 9.17) is 10.5 Å². The molecule has 1 aliphatic heterocycles. The Kier molecular flexibility index (Phi) is 3.36. The van der Waals surface area contributed by atoms with Crippen molar-refractivity contribution < 1.29 is 9.53 Å². The zero-order valence-electron chi connectivity index (χ0n) is 11.3. The van der Waals surface area contributed by atoms with Crippen molar-refractivity contribution in [1.29, 1.82) is 0 Å². The highest BCUT2D eigenvalue weighted by Gasteiger charge is 2.22. The summed E-state index contributed by atoms with van der Waals surface area (Å²) >= 11 is 1.77. The molecular formula is C15H16N2O2S. The summed E-state index contributed by atoms with van der Waals surface area (Å²) in [4.78, 5) is 15.8. The summed E-state index contributed by atoms with van der Waals surface area (Å²) in [5.74, 6) is 0.622. The molecule has 0 atom stereocenters. The summed E-state index contributed by atoms with van der Waals surface area (Å²) in [7, 11) is 1.57.